The lowest BCUT2D eigenvalue weighted by atomic mass is 10.1. The molecule has 2 aromatic rings. The number of nitrogens with one attached hydrogen (secondary N) is 1. The number of anilines is 1. The highest BCUT2D eigenvalue weighted by Gasteiger charge is 2.24. The van der Waals surface area contributed by atoms with Gasteiger partial charge in [-0.15, -0.1) is 0 Å². The van der Waals surface area contributed by atoms with Crippen molar-refractivity contribution in [2.75, 3.05) is 12.4 Å². The number of benzene rings is 1. The summed E-state index contributed by atoms with van der Waals surface area (Å²) >= 11 is 0. The van der Waals surface area contributed by atoms with Gasteiger partial charge < -0.3 is 19.4 Å². The number of ether oxygens (including phenoxy) is 2. The molecule has 24 heavy (non-hydrogen) atoms. The van der Waals surface area contributed by atoms with Crippen molar-refractivity contribution in [2.24, 2.45) is 0 Å². The number of aromatic nitrogens is 1. The number of methoxy groups -OCH3 is 1. The minimum atomic E-state index is -0.575. The fourth-order valence-electron chi connectivity index (χ4n) is 2.42. The SMILES string of the molecule is COc1cccn(CC(=O)c2ccc3c(c2)NC(=O)C(C)O3)c1=O. The van der Waals surface area contributed by atoms with Crippen LogP contribution in [0.4, 0.5) is 5.69 Å². The van der Waals surface area contributed by atoms with Gasteiger partial charge in [0.15, 0.2) is 17.6 Å². The average Bonchev–Trinajstić information content (AvgIpc) is 2.57. The van der Waals surface area contributed by atoms with E-state index >= 15 is 0 Å². The standard InChI is InChI=1S/C17H16N2O5/c1-10-16(21)18-12-8-11(5-6-14(12)24-10)13(20)9-19-7-3-4-15(23-2)17(19)22/h3-8,10H,9H2,1-2H3,(H,18,21). The maximum Gasteiger partial charge on any atom is 0.293 e. The lowest BCUT2D eigenvalue weighted by Gasteiger charge is -2.23. The predicted octanol–water partition coefficient (Wildman–Crippen LogP) is 1.46. The normalized spacial score (nSPS) is 15.9. The summed E-state index contributed by atoms with van der Waals surface area (Å²) in [6.45, 7) is 1.52. The summed E-state index contributed by atoms with van der Waals surface area (Å²) < 4.78 is 11.7. The molecule has 0 spiro atoms. The number of Topliss-reactive ketones (excluding diaryl/α,β-unsaturated/α-hetero) is 1. The Labute approximate surface area is 137 Å². The first-order valence-corrected chi connectivity index (χ1v) is 7.38. The molecule has 1 N–H and O–H groups in total. The second-order valence-electron chi connectivity index (χ2n) is 5.39. The summed E-state index contributed by atoms with van der Waals surface area (Å²) in [5, 5.41) is 2.69. The number of hydrogen-bond acceptors (Lipinski definition) is 5. The average molecular weight is 328 g/mol. The molecule has 0 aliphatic carbocycles. The summed E-state index contributed by atoms with van der Waals surface area (Å²) in [6.07, 6.45) is 0.947. The minimum Gasteiger partial charge on any atom is -0.491 e. The van der Waals surface area contributed by atoms with E-state index in [-0.39, 0.29) is 29.5 Å². The van der Waals surface area contributed by atoms with Gasteiger partial charge in [-0.1, -0.05) is 0 Å². The van der Waals surface area contributed by atoms with Crippen LogP contribution in [0.1, 0.15) is 17.3 Å². The van der Waals surface area contributed by atoms with E-state index in [1.165, 1.54) is 23.9 Å². The van der Waals surface area contributed by atoms with E-state index in [1.54, 1.807) is 31.2 Å². The molecule has 1 amide bonds. The lowest BCUT2D eigenvalue weighted by Crippen LogP contribution is -2.34. The summed E-state index contributed by atoms with van der Waals surface area (Å²) in [7, 11) is 1.40. The van der Waals surface area contributed by atoms with Crippen LogP contribution in [-0.4, -0.2) is 29.5 Å². The molecule has 2 heterocycles. The van der Waals surface area contributed by atoms with Gasteiger partial charge in [-0.25, -0.2) is 0 Å². The lowest BCUT2D eigenvalue weighted by molar-refractivity contribution is -0.122. The van der Waals surface area contributed by atoms with Crippen molar-refractivity contribution in [3.05, 3.63) is 52.4 Å². The Hall–Kier alpha value is -3.09. The van der Waals surface area contributed by atoms with Crippen LogP contribution in [0.15, 0.2) is 41.3 Å². The number of ketones is 1. The van der Waals surface area contributed by atoms with Crippen molar-refractivity contribution in [2.45, 2.75) is 19.6 Å². The number of carbonyl (C=O) groups is 2. The largest absolute Gasteiger partial charge is 0.491 e. The molecule has 124 valence electrons. The van der Waals surface area contributed by atoms with Crippen LogP contribution in [0.25, 0.3) is 0 Å². The summed E-state index contributed by atoms with van der Waals surface area (Å²) in [6, 6.07) is 7.96. The number of nitrogens with zero attached hydrogens (tertiary/aromatic N) is 1. The third-order valence-corrected chi connectivity index (χ3v) is 3.75. The van der Waals surface area contributed by atoms with Crippen LogP contribution < -0.4 is 20.3 Å². The second-order valence-corrected chi connectivity index (χ2v) is 5.39. The highest BCUT2D eigenvalue weighted by molar-refractivity contribution is 6.01. The van der Waals surface area contributed by atoms with Crippen molar-refractivity contribution in [3.8, 4) is 11.5 Å². The number of amides is 1. The van der Waals surface area contributed by atoms with E-state index in [0.717, 1.165) is 0 Å². The maximum atomic E-state index is 12.4. The highest BCUT2D eigenvalue weighted by atomic mass is 16.5. The van der Waals surface area contributed by atoms with E-state index < -0.39 is 6.10 Å². The summed E-state index contributed by atoms with van der Waals surface area (Å²) in [5.74, 6) is 0.153. The number of hydrogen-bond donors (Lipinski definition) is 1. The van der Waals surface area contributed by atoms with Gasteiger partial charge in [0.1, 0.15) is 5.75 Å². The molecular weight excluding hydrogens is 312 g/mol. The second kappa shape index (κ2) is 6.19. The van der Waals surface area contributed by atoms with Gasteiger partial charge in [0.2, 0.25) is 0 Å². The summed E-state index contributed by atoms with van der Waals surface area (Å²) in [4.78, 5) is 36.2. The van der Waals surface area contributed by atoms with Crippen LogP contribution in [0, 0.1) is 0 Å². The van der Waals surface area contributed by atoms with Gasteiger partial charge >= 0.3 is 0 Å². The predicted molar refractivity (Wildman–Crippen MR) is 86.7 cm³/mol. The first kappa shape index (κ1) is 15.8. The van der Waals surface area contributed by atoms with Crippen LogP contribution in [0.3, 0.4) is 0 Å². The first-order chi connectivity index (χ1) is 11.5. The Morgan fingerprint density at radius 1 is 1.33 bits per heavy atom. The zero-order valence-electron chi connectivity index (χ0n) is 13.2. The molecule has 1 unspecified atom stereocenters. The van der Waals surface area contributed by atoms with E-state index in [2.05, 4.69) is 5.32 Å². The van der Waals surface area contributed by atoms with Crippen molar-refractivity contribution in [1.82, 2.24) is 4.57 Å². The molecule has 0 radical (unpaired) electrons. The Morgan fingerprint density at radius 2 is 2.12 bits per heavy atom. The topological polar surface area (TPSA) is 86.6 Å². The van der Waals surface area contributed by atoms with Crippen LogP contribution in [-0.2, 0) is 11.3 Å². The number of pyridine rings is 1. The first-order valence-electron chi connectivity index (χ1n) is 7.38. The van der Waals surface area contributed by atoms with Gasteiger partial charge in [0, 0.05) is 11.8 Å². The molecule has 0 fully saturated rings. The fourth-order valence-corrected chi connectivity index (χ4v) is 2.42. The van der Waals surface area contributed by atoms with Gasteiger partial charge in [0.05, 0.1) is 19.3 Å². The molecule has 1 aliphatic rings. The number of rotatable bonds is 4. The van der Waals surface area contributed by atoms with Crippen molar-refractivity contribution in [1.29, 1.82) is 0 Å². The zero-order chi connectivity index (χ0) is 17.3. The minimum absolute atomic E-state index is 0.125. The van der Waals surface area contributed by atoms with Crippen molar-refractivity contribution in [3.63, 3.8) is 0 Å². The van der Waals surface area contributed by atoms with E-state index in [1.807, 2.05) is 0 Å². The van der Waals surface area contributed by atoms with Crippen molar-refractivity contribution >= 4 is 17.4 Å². The van der Waals surface area contributed by atoms with Crippen LogP contribution in [0.5, 0.6) is 11.5 Å². The molecule has 1 aromatic carbocycles. The Bertz CT molecular complexity index is 872. The van der Waals surface area contributed by atoms with Crippen LogP contribution >= 0.6 is 0 Å². The monoisotopic (exact) mass is 328 g/mol. The molecule has 1 atom stereocenters. The number of carbonyl (C=O) groups excluding carboxylic acids is 2. The molecule has 0 bridgehead atoms. The summed E-state index contributed by atoms with van der Waals surface area (Å²) in [5.41, 5.74) is 0.445. The smallest absolute Gasteiger partial charge is 0.293 e. The van der Waals surface area contributed by atoms with Gasteiger partial charge in [-0.05, 0) is 37.3 Å². The van der Waals surface area contributed by atoms with Crippen LogP contribution in [0.2, 0.25) is 0 Å². The molecular formula is C17H16N2O5. The Kier molecular flexibility index (Phi) is 4.07. The van der Waals surface area contributed by atoms with E-state index in [9.17, 15) is 14.4 Å². The third-order valence-electron chi connectivity index (χ3n) is 3.75. The van der Waals surface area contributed by atoms with E-state index in [0.29, 0.717) is 17.0 Å². The molecule has 0 saturated carbocycles. The van der Waals surface area contributed by atoms with Gasteiger partial charge in [0.25, 0.3) is 11.5 Å². The van der Waals surface area contributed by atoms with Crippen molar-refractivity contribution < 1.29 is 19.1 Å². The molecule has 1 aromatic heterocycles. The fraction of sp³-hybridized carbons (Fsp3) is 0.235. The van der Waals surface area contributed by atoms with E-state index in [4.69, 9.17) is 9.47 Å². The molecule has 0 saturated heterocycles. The Balaban J connectivity index is 1.85. The number of fused-ring (bicyclic) bond motifs is 1. The zero-order valence-corrected chi connectivity index (χ0v) is 13.2. The van der Waals surface area contributed by atoms with Gasteiger partial charge in [-0.3, -0.25) is 14.4 Å². The molecule has 7 heteroatoms. The quantitative estimate of drug-likeness (QED) is 0.859. The molecule has 1 aliphatic heterocycles. The van der Waals surface area contributed by atoms with Gasteiger partial charge in [-0.2, -0.15) is 0 Å². The highest BCUT2D eigenvalue weighted by Crippen LogP contribution is 2.30. The molecule has 7 nitrogen and oxygen atoms in total. The third kappa shape index (κ3) is 2.88. The molecule has 3 rings (SSSR count). The maximum absolute atomic E-state index is 12.4. The Morgan fingerprint density at radius 3 is 2.88 bits per heavy atom.